The van der Waals surface area contributed by atoms with Gasteiger partial charge in [0, 0.05) is 11.8 Å². The predicted octanol–water partition coefficient (Wildman–Crippen LogP) is 2.43. The normalized spacial score (nSPS) is 60.3. The van der Waals surface area contributed by atoms with Crippen molar-refractivity contribution in [3.8, 4) is 0 Å². The zero-order valence-corrected chi connectivity index (χ0v) is 15.2. The van der Waals surface area contributed by atoms with Gasteiger partial charge < -0.3 is 15.3 Å². The molecule has 4 aliphatic carbocycles. The van der Waals surface area contributed by atoms with Crippen LogP contribution in [0.25, 0.3) is 0 Å². The van der Waals surface area contributed by atoms with Gasteiger partial charge in [-0.2, -0.15) is 0 Å². The van der Waals surface area contributed by atoms with Crippen molar-refractivity contribution >= 4 is 5.78 Å². The standard InChI is InChI=1S/C20H32O4/c1-17-8-5-14-12(13(17)6-10-19(17,3)23)4-11-20(24)16(22)15(21)7-9-18(14,20)2/h12-14,16,22-24H,4-11H2,1-3H3/t12-,13-,14-,16-,17-,18+,19-,20+/m0/s1. The third kappa shape index (κ3) is 1.78. The minimum absolute atomic E-state index is 0.0386. The van der Waals surface area contributed by atoms with Crippen molar-refractivity contribution in [2.24, 2.45) is 28.6 Å². The molecule has 0 aromatic rings. The van der Waals surface area contributed by atoms with Gasteiger partial charge in [0.05, 0.1) is 5.60 Å². The summed E-state index contributed by atoms with van der Waals surface area (Å²) in [7, 11) is 0. The smallest absolute Gasteiger partial charge is 0.164 e. The fourth-order valence-corrected chi connectivity index (χ4v) is 7.35. The van der Waals surface area contributed by atoms with Crippen molar-refractivity contribution in [1.82, 2.24) is 0 Å². The number of carbonyl (C=O) groups is 1. The average Bonchev–Trinajstić information content (AvgIpc) is 2.77. The first-order valence-electron chi connectivity index (χ1n) is 9.72. The molecule has 0 aliphatic heterocycles. The molecule has 0 saturated heterocycles. The number of hydrogen-bond acceptors (Lipinski definition) is 4. The van der Waals surface area contributed by atoms with Crippen LogP contribution in [0.1, 0.15) is 72.1 Å². The third-order valence-electron chi connectivity index (χ3n) is 9.31. The number of hydrogen-bond donors (Lipinski definition) is 3. The van der Waals surface area contributed by atoms with Crippen LogP contribution in [0.5, 0.6) is 0 Å². The minimum Gasteiger partial charge on any atom is -0.390 e. The summed E-state index contributed by atoms with van der Waals surface area (Å²) in [5.41, 5.74) is -2.29. The van der Waals surface area contributed by atoms with E-state index in [0.717, 1.165) is 32.1 Å². The largest absolute Gasteiger partial charge is 0.390 e. The zero-order valence-electron chi connectivity index (χ0n) is 15.2. The molecule has 8 atom stereocenters. The van der Waals surface area contributed by atoms with Crippen molar-refractivity contribution in [1.29, 1.82) is 0 Å². The molecule has 0 heterocycles. The molecule has 3 N–H and O–H groups in total. The van der Waals surface area contributed by atoms with E-state index in [2.05, 4.69) is 13.8 Å². The van der Waals surface area contributed by atoms with E-state index in [-0.39, 0.29) is 16.6 Å². The molecule has 4 saturated carbocycles. The molecule has 24 heavy (non-hydrogen) atoms. The van der Waals surface area contributed by atoms with Crippen LogP contribution in [0.3, 0.4) is 0 Å². The Morgan fingerprint density at radius 1 is 0.875 bits per heavy atom. The van der Waals surface area contributed by atoms with Crippen LogP contribution in [0.4, 0.5) is 0 Å². The summed E-state index contributed by atoms with van der Waals surface area (Å²) in [6, 6.07) is 0. The van der Waals surface area contributed by atoms with Crippen LogP contribution in [0.2, 0.25) is 0 Å². The highest BCUT2D eigenvalue weighted by Crippen LogP contribution is 2.68. The Morgan fingerprint density at radius 3 is 2.21 bits per heavy atom. The highest BCUT2D eigenvalue weighted by molar-refractivity contribution is 5.85. The van der Waals surface area contributed by atoms with Crippen molar-refractivity contribution < 1.29 is 20.1 Å². The third-order valence-corrected chi connectivity index (χ3v) is 9.31. The summed E-state index contributed by atoms with van der Waals surface area (Å²) in [6.07, 6.45) is 5.07. The topological polar surface area (TPSA) is 77.8 Å². The quantitative estimate of drug-likeness (QED) is 0.635. The molecule has 0 amide bonds. The number of fused-ring (bicyclic) bond motifs is 5. The molecule has 0 radical (unpaired) electrons. The Bertz CT molecular complexity index is 572. The molecule has 0 spiro atoms. The van der Waals surface area contributed by atoms with E-state index in [1.165, 1.54) is 0 Å². The summed E-state index contributed by atoms with van der Waals surface area (Å²) >= 11 is 0. The van der Waals surface area contributed by atoms with Crippen LogP contribution in [0.15, 0.2) is 0 Å². The monoisotopic (exact) mass is 336 g/mol. The fraction of sp³-hybridized carbons (Fsp3) is 0.950. The van der Waals surface area contributed by atoms with E-state index in [1.807, 2.05) is 6.92 Å². The fourth-order valence-electron chi connectivity index (χ4n) is 7.35. The molecule has 0 aromatic heterocycles. The number of aliphatic hydroxyl groups excluding tert-OH is 1. The van der Waals surface area contributed by atoms with Gasteiger partial charge in [-0.15, -0.1) is 0 Å². The van der Waals surface area contributed by atoms with Crippen molar-refractivity contribution in [3.05, 3.63) is 0 Å². The van der Waals surface area contributed by atoms with Gasteiger partial charge in [0.2, 0.25) is 0 Å². The Morgan fingerprint density at radius 2 is 1.50 bits per heavy atom. The molecule has 4 nitrogen and oxygen atoms in total. The molecular weight excluding hydrogens is 304 g/mol. The zero-order chi connectivity index (χ0) is 17.5. The maximum Gasteiger partial charge on any atom is 0.164 e. The van der Waals surface area contributed by atoms with E-state index in [9.17, 15) is 20.1 Å². The summed E-state index contributed by atoms with van der Waals surface area (Å²) in [5.74, 6) is 1.12. The van der Waals surface area contributed by atoms with Crippen LogP contribution in [-0.2, 0) is 4.79 Å². The molecule has 136 valence electrons. The maximum absolute atomic E-state index is 12.0. The second kappa shape index (κ2) is 4.83. The van der Waals surface area contributed by atoms with E-state index in [0.29, 0.717) is 37.0 Å². The predicted molar refractivity (Wildman–Crippen MR) is 90.2 cm³/mol. The second-order valence-electron chi connectivity index (χ2n) is 9.89. The van der Waals surface area contributed by atoms with Gasteiger partial charge in [-0.3, -0.25) is 4.79 Å². The molecule has 4 aliphatic rings. The average molecular weight is 336 g/mol. The molecular formula is C20H32O4. The number of Topliss-reactive ketones (excluding diaryl/α,β-unsaturated/α-hetero) is 1. The van der Waals surface area contributed by atoms with E-state index < -0.39 is 17.3 Å². The number of ketones is 1. The van der Waals surface area contributed by atoms with E-state index >= 15 is 0 Å². The summed E-state index contributed by atoms with van der Waals surface area (Å²) < 4.78 is 0. The molecule has 4 rings (SSSR count). The molecule has 0 bridgehead atoms. The van der Waals surface area contributed by atoms with E-state index in [1.54, 1.807) is 0 Å². The molecule has 4 fully saturated rings. The first-order valence-corrected chi connectivity index (χ1v) is 9.72. The molecule has 0 unspecified atom stereocenters. The van der Waals surface area contributed by atoms with Crippen LogP contribution < -0.4 is 0 Å². The summed E-state index contributed by atoms with van der Waals surface area (Å²) in [5, 5.41) is 32.7. The minimum atomic E-state index is -1.27. The Labute approximate surface area is 144 Å². The van der Waals surface area contributed by atoms with Gasteiger partial charge in [0.1, 0.15) is 11.7 Å². The second-order valence-corrected chi connectivity index (χ2v) is 9.89. The number of rotatable bonds is 0. The lowest BCUT2D eigenvalue weighted by atomic mass is 9.42. The van der Waals surface area contributed by atoms with E-state index in [4.69, 9.17) is 0 Å². The Kier molecular flexibility index (Phi) is 3.42. The van der Waals surface area contributed by atoms with Crippen LogP contribution in [-0.4, -0.2) is 38.4 Å². The molecule has 4 heteroatoms. The summed E-state index contributed by atoms with van der Waals surface area (Å²) in [4.78, 5) is 12.0. The lowest BCUT2D eigenvalue weighted by molar-refractivity contribution is -0.242. The highest BCUT2D eigenvalue weighted by atomic mass is 16.4. The first kappa shape index (κ1) is 17.0. The number of aliphatic hydroxyl groups is 3. The lowest BCUT2D eigenvalue weighted by Gasteiger charge is -2.64. The molecule has 0 aromatic carbocycles. The van der Waals surface area contributed by atoms with Crippen LogP contribution >= 0.6 is 0 Å². The van der Waals surface area contributed by atoms with Crippen LogP contribution in [0, 0.1) is 28.6 Å². The van der Waals surface area contributed by atoms with Crippen molar-refractivity contribution in [2.45, 2.75) is 89.4 Å². The van der Waals surface area contributed by atoms with Crippen molar-refractivity contribution in [2.75, 3.05) is 0 Å². The van der Waals surface area contributed by atoms with Gasteiger partial charge in [0.25, 0.3) is 0 Å². The number of carbonyl (C=O) groups excluding carboxylic acids is 1. The van der Waals surface area contributed by atoms with Gasteiger partial charge >= 0.3 is 0 Å². The highest BCUT2D eigenvalue weighted by Gasteiger charge is 2.68. The van der Waals surface area contributed by atoms with Gasteiger partial charge in [-0.25, -0.2) is 0 Å². The Hall–Kier alpha value is -0.450. The van der Waals surface area contributed by atoms with Gasteiger partial charge in [-0.1, -0.05) is 13.8 Å². The maximum atomic E-state index is 12.0. The Balaban J connectivity index is 1.71. The van der Waals surface area contributed by atoms with Crippen molar-refractivity contribution in [3.63, 3.8) is 0 Å². The van der Waals surface area contributed by atoms with Gasteiger partial charge in [-0.05, 0) is 75.0 Å². The van der Waals surface area contributed by atoms with Gasteiger partial charge in [0.15, 0.2) is 5.78 Å². The summed E-state index contributed by atoms with van der Waals surface area (Å²) in [6.45, 7) is 6.36. The lowest BCUT2D eigenvalue weighted by Crippen LogP contribution is -2.68. The first-order chi connectivity index (χ1) is 11.1. The SMILES string of the molecule is C[C@]1(O)CC[C@H]2[C@@H]3CC[C@@]4(O)[C@@H](O)C(=O)CC[C@]4(C)[C@H]3CC[C@@]21C.